The van der Waals surface area contributed by atoms with E-state index in [0.717, 1.165) is 29.7 Å². The van der Waals surface area contributed by atoms with Crippen LogP contribution in [0, 0.1) is 11.3 Å². The quantitative estimate of drug-likeness (QED) is 0.0636. The van der Waals surface area contributed by atoms with Crippen LogP contribution < -0.4 is 4.90 Å². The zero-order chi connectivity index (χ0) is 34.2. The molecule has 4 heteroatoms. The van der Waals surface area contributed by atoms with Crippen molar-refractivity contribution >= 4 is 35.1 Å². The number of fused-ring (bicyclic) bond motifs is 1. The maximum absolute atomic E-state index is 11.3. The Morgan fingerprint density at radius 3 is 1.96 bits per heavy atom. The lowest BCUT2D eigenvalue weighted by Gasteiger charge is -2.27. The minimum absolute atomic E-state index is 0.00267. The van der Waals surface area contributed by atoms with E-state index >= 15 is 0 Å². The molecule has 0 amide bonds. The van der Waals surface area contributed by atoms with Crippen molar-refractivity contribution in [2.45, 2.75) is 51.4 Å². The second-order valence-electron chi connectivity index (χ2n) is 13.2. The second-order valence-corrected chi connectivity index (χ2v) is 13.2. The van der Waals surface area contributed by atoms with Gasteiger partial charge in [-0.05, 0) is 87.4 Å². The zero-order valence-electron chi connectivity index (χ0n) is 28.3. The van der Waals surface area contributed by atoms with Crippen molar-refractivity contribution in [3.8, 4) is 17.2 Å². The van der Waals surface area contributed by atoms with Gasteiger partial charge in [0.05, 0.1) is 0 Å². The summed E-state index contributed by atoms with van der Waals surface area (Å²) in [6.07, 6.45) is 9.71. The highest BCUT2D eigenvalue weighted by Gasteiger charge is 2.39. The van der Waals surface area contributed by atoms with Gasteiger partial charge in [0.25, 0.3) is 0 Å². The number of aliphatic carboxylic acids is 1. The first-order valence-electron chi connectivity index (χ1n) is 17.2. The molecule has 1 aliphatic heterocycles. The summed E-state index contributed by atoms with van der Waals surface area (Å²) in [6.45, 7) is 5.59. The molecule has 0 fully saturated rings. The van der Waals surface area contributed by atoms with Gasteiger partial charge in [0.1, 0.15) is 11.6 Å². The molecular formula is C45H42N2O2. The van der Waals surface area contributed by atoms with Gasteiger partial charge in [-0.3, -0.25) is 0 Å². The summed E-state index contributed by atoms with van der Waals surface area (Å²) >= 11 is 0. The Morgan fingerprint density at radius 2 is 1.37 bits per heavy atom. The maximum Gasteiger partial charge on any atom is 0.346 e. The first kappa shape index (κ1) is 33.2. The molecule has 6 rings (SSSR count). The molecule has 1 unspecified atom stereocenters. The van der Waals surface area contributed by atoms with Crippen LogP contribution in [0.4, 0.5) is 11.4 Å². The summed E-state index contributed by atoms with van der Waals surface area (Å²) in [5.41, 5.74) is 11.1. The monoisotopic (exact) mass is 642 g/mol. The highest BCUT2D eigenvalue weighted by atomic mass is 16.4. The number of anilines is 2. The summed E-state index contributed by atoms with van der Waals surface area (Å²) < 4.78 is 0. The zero-order valence-corrected chi connectivity index (χ0v) is 28.3. The molecular weight excluding hydrogens is 601 g/mol. The molecule has 0 aliphatic carbocycles. The third kappa shape index (κ3) is 7.58. The van der Waals surface area contributed by atoms with Crippen molar-refractivity contribution < 1.29 is 9.90 Å². The maximum atomic E-state index is 11.3. The number of nitrogens with zero attached hydrogens (tertiary/aromatic N) is 2. The van der Waals surface area contributed by atoms with Crippen LogP contribution in [0.3, 0.4) is 0 Å². The highest BCUT2D eigenvalue weighted by Crippen LogP contribution is 2.48. The molecule has 0 saturated heterocycles. The molecule has 1 N–H and O–H groups in total. The van der Waals surface area contributed by atoms with E-state index in [9.17, 15) is 9.90 Å². The lowest BCUT2D eigenvalue weighted by Crippen LogP contribution is -2.28. The normalized spacial score (nSPS) is 15.4. The van der Waals surface area contributed by atoms with Gasteiger partial charge in [0.2, 0.25) is 0 Å². The Kier molecular flexibility index (Phi) is 10.2. The van der Waals surface area contributed by atoms with Gasteiger partial charge in [0.15, 0.2) is 0 Å². The van der Waals surface area contributed by atoms with Crippen LogP contribution in [0.25, 0.3) is 28.9 Å². The van der Waals surface area contributed by atoms with Crippen LogP contribution in [0.1, 0.15) is 73.8 Å². The van der Waals surface area contributed by atoms with Crippen LogP contribution in [0.2, 0.25) is 0 Å². The molecule has 0 spiro atoms. The fourth-order valence-corrected chi connectivity index (χ4v) is 6.91. The van der Waals surface area contributed by atoms with Gasteiger partial charge in [-0.15, -0.1) is 0 Å². The Labute approximate surface area is 290 Å². The summed E-state index contributed by atoms with van der Waals surface area (Å²) in [5.74, 6) is -1.22. The smallest absolute Gasteiger partial charge is 0.346 e. The van der Waals surface area contributed by atoms with Gasteiger partial charge in [0, 0.05) is 23.3 Å². The number of hydrogen-bond donors (Lipinski definition) is 1. The van der Waals surface area contributed by atoms with Crippen LogP contribution >= 0.6 is 0 Å². The molecule has 0 radical (unpaired) electrons. The van der Waals surface area contributed by atoms with E-state index in [1.807, 2.05) is 24.3 Å². The number of unbranched alkanes of at least 4 members (excludes halogenated alkanes) is 3. The van der Waals surface area contributed by atoms with Gasteiger partial charge in [-0.2, -0.15) is 5.26 Å². The topological polar surface area (TPSA) is 64.3 Å². The highest BCUT2D eigenvalue weighted by molar-refractivity contribution is 5.96. The number of nitriles is 1. The number of rotatable bonds is 12. The molecule has 0 saturated carbocycles. The molecule has 1 aliphatic rings. The van der Waals surface area contributed by atoms with E-state index in [4.69, 9.17) is 5.26 Å². The van der Waals surface area contributed by atoms with Gasteiger partial charge in [-0.25, -0.2) is 4.79 Å². The van der Waals surface area contributed by atoms with Crippen molar-refractivity contribution in [2.75, 3.05) is 11.4 Å². The third-order valence-corrected chi connectivity index (χ3v) is 9.62. The van der Waals surface area contributed by atoms with Gasteiger partial charge < -0.3 is 10.0 Å². The fraction of sp³-hybridized carbons (Fsp3) is 0.200. The molecule has 5 aromatic carbocycles. The standard InChI is InChI=1S/C45H42N2O2/c1-3-4-5-12-27-45(2)32-47(43-26-23-38(30-42(43)45)35-21-17-33(18-22-35)28-39(31-46)44(48)49)40-24-19-34(20-25-40)29-41(36-13-8-6-9-14-36)37-15-10-7-11-16-37/h6-11,13-26,28-30H,3-5,12,27,32H2,1-2H3,(H,48,49)/b39-28+. The molecule has 1 heterocycles. The predicted octanol–water partition coefficient (Wildman–Crippen LogP) is 11.3. The molecule has 0 bridgehead atoms. The van der Waals surface area contributed by atoms with Gasteiger partial charge >= 0.3 is 5.97 Å². The Hall–Kier alpha value is -5.66. The number of carbonyl (C=O) groups is 1. The van der Waals surface area contributed by atoms with Crippen molar-refractivity contribution in [1.82, 2.24) is 0 Å². The van der Waals surface area contributed by atoms with E-state index in [2.05, 4.69) is 128 Å². The average Bonchev–Trinajstić information content (AvgIpc) is 3.44. The Morgan fingerprint density at radius 1 is 0.776 bits per heavy atom. The number of carboxylic acid groups (broad SMARTS) is 1. The molecule has 4 nitrogen and oxygen atoms in total. The first-order valence-corrected chi connectivity index (χ1v) is 17.2. The molecule has 0 aromatic heterocycles. The number of benzene rings is 5. The van der Waals surface area contributed by atoms with E-state index in [0.29, 0.717) is 5.56 Å². The predicted molar refractivity (Wildman–Crippen MR) is 203 cm³/mol. The summed E-state index contributed by atoms with van der Waals surface area (Å²) in [6, 6.07) is 46.4. The van der Waals surface area contributed by atoms with Crippen LogP contribution in [0.5, 0.6) is 0 Å². The lowest BCUT2D eigenvalue weighted by atomic mass is 9.79. The third-order valence-electron chi connectivity index (χ3n) is 9.62. The lowest BCUT2D eigenvalue weighted by molar-refractivity contribution is -0.132. The summed E-state index contributed by atoms with van der Waals surface area (Å²) in [5, 5.41) is 18.4. The fourth-order valence-electron chi connectivity index (χ4n) is 6.91. The molecule has 1 atom stereocenters. The minimum Gasteiger partial charge on any atom is -0.477 e. The van der Waals surface area contributed by atoms with Crippen molar-refractivity contribution in [1.29, 1.82) is 5.26 Å². The van der Waals surface area contributed by atoms with E-state index < -0.39 is 5.97 Å². The first-order chi connectivity index (χ1) is 23.9. The van der Waals surface area contributed by atoms with Crippen molar-refractivity contribution in [3.05, 3.63) is 161 Å². The Balaban J connectivity index is 1.32. The van der Waals surface area contributed by atoms with E-state index in [1.54, 1.807) is 6.07 Å². The van der Waals surface area contributed by atoms with E-state index in [1.165, 1.54) is 65.4 Å². The van der Waals surface area contributed by atoms with Crippen molar-refractivity contribution in [2.24, 2.45) is 0 Å². The van der Waals surface area contributed by atoms with Gasteiger partial charge in [-0.1, -0.05) is 143 Å². The van der Waals surface area contributed by atoms with E-state index in [-0.39, 0.29) is 11.0 Å². The molecule has 244 valence electrons. The summed E-state index contributed by atoms with van der Waals surface area (Å²) in [4.78, 5) is 13.8. The number of carboxylic acids is 1. The largest absolute Gasteiger partial charge is 0.477 e. The second kappa shape index (κ2) is 15.0. The van der Waals surface area contributed by atoms with Crippen LogP contribution in [0.15, 0.2) is 133 Å². The van der Waals surface area contributed by atoms with Crippen molar-refractivity contribution in [3.63, 3.8) is 0 Å². The van der Waals surface area contributed by atoms with Crippen LogP contribution in [-0.4, -0.2) is 17.6 Å². The van der Waals surface area contributed by atoms with Crippen LogP contribution in [-0.2, 0) is 10.2 Å². The SMILES string of the molecule is CCCCCCC1(C)CN(c2ccc(C=C(c3ccccc3)c3ccccc3)cc2)c2ccc(-c3ccc(/C=C(\C#N)C(=O)O)cc3)cc21. The molecule has 5 aromatic rings. The average molecular weight is 643 g/mol. The molecule has 49 heavy (non-hydrogen) atoms. The Bertz CT molecular complexity index is 1960. The number of hydrogen-bond acceptors (Lipinski definition) is 3. The minimum atomic E-state index is -1.22. The summed E-state index contributed by atoms with van der Waals surface area (Å²) in [7, 11) is 0.